The molecule has 1 N–H and O–H groups in total. The van der Waals surface area contributed by atoms with Crippen LogP contribution in [0.25, 0.3) is 0 Å². The highest BCUT2D eigenvalue weighted by atomic mass is 28.3. The molecule has 62 valence electrons. The monoisotopic (exact) mass is 159 g/mol. The predicted octanol–water partition coefficient (Wildman–Crippen LogP) is 2.60. The first kappa shape index (κ1) is 10.2. The van der Waals surface area contributed by atoms with Crippen molar-refractivity contribution in [1.82, 2.24) is 4.98 Å². The highest BCUT2D eigenvalue weighted by molar-refractivity contribution is 6.73. The summed E-state index contributed by atoms with van der Waals surface area (Å²) in [6, 6.07) is 0.756. The second kappa shape index (κ2) is 4.14. The van der Waals surface area contributed by atoms with E-state index >= 15 is 0 Å². The van der Waals surface area contributed by atoms with Crippen LogP contribution in [-0.2, 0) is 0 Å². The molecule has 0 saturated carbocycles. The van der Waals surface area contributed by atoms with Gasteiger partial charge in [-0.3, -0.25) is 0 Å². The number of nitrogens with one attached hydrogen (secondary N) is 1. The Morgan fingerprint density at radius 3 is 1.60 bits per heavy atom. The van der Waals surface area contributed by atoms with Crippen molar-refractivity contribution in [2.24, 2.45) is 0 Å². The largest absolute Gasteiger partial charge is 0.335 e. The summed E-state index contributed by atoms with van der Waals surface area (Å²) in [7, 11) is -1.01. The standard InChI is InChI=1S/C8H21NSi/c1-6-8(7-2)9-10(3,4)5/h8-9H,6-7H2,1-5H3. The van der Waals surface area contributed by atoms with E-state index in [0.717, 1.165) is 6.04 Å². The van der Waals surface area contributed by atoms with Gasteiger partial charge < -0.3 is 4.98 Å². The maximum Gasteiger partial charge on any atom is 0.116 e. The molecule has 0 bridgehead atoms. The van der Waals surface area contributed by atoms with E-state index in [4.69, 9.17) is 0 Å². The van der Waals surface area contributed by atoms with Crippen molar-refractivity contribution in [3.05, 3.63) is 0 Å². The van der Waals surface area contributed by atoms with E-state index in [2.05, 4.69) is 38.5 Å². The Bertz CT molecular complexity index is 81.7. The number of hydrogen-bond acceptors (Lipinski definition) is 1. The van der Waals surface area contributed by atoms with Crippen molar-refractivity contribution in [1.29, 1.82) is 0 Å². The van der Waals surface area contributed by atoms with Gasteiger partial charge in [0.15, 0.2) is 0 Å². The van der Waals surface area contributed by atoms with E-state index in [1.54, 1.807) is 0 Å². The van der Waals surface area contributed by atoms with Crippen LogP contribution in [0, 0.1) is 0 Å². The molecule has 1 nitrogen and oxygen atoms in total. The van der Waals surface area contributed by atoms with Crippen LogP contribution in [0.2, 0.25) is 19.6 Å². The zero-order valence-electron chi connectivity index (χ0n) is 7.99. The third-order valence-corrected chi connectivity index (χ3v) is 2.90. The lowest BCUT2D eigenvalue weighted by molar-refractivity contribution is 0.571. The van der Waals surface area contributed by atoms with E-state index < -0.39 is 8.24 Å². The molecule has 0 heterocycles. The van der Waals surface area contributed by atoms with Crippen LogP contribution in [0.1, 0.15) is 26.7 Å². The second-order valence-corrected chi connectivity index (χ2v) is 8.70. The van der Waals surface area contributed by atoms with E-state index in [1.807, 2.05) is 0 Å². The van der Waals surface area contributed by atoms with Gasteiger partial charge in [0, 0.05) is 0 Å². The molecule has 2 heteroatoms. The summed E-state index contributed by atoms with van der Waals surface area (Å²) >= 11 is 0. The van der Waals surface area contributed by atoms with Gasteiger partial charge in [0.2, 0.25) is 0 Å². The first-order valence-corrected chi connectivity index (χ1v) is 7.77. The Morgan fingerprint density at radius 1 is 1.10 bits per heavy atom. The van der Waals surface area contributed by atoms with E-state index in [9.17, 15) is 0 Å². The zero-order valence-corrected chi connectivity index (χ0v) is 8.99. The summed E-state index contributed by atoms with van der Waals surface area (Å²) in [5.74, 6) is 0. The quantitative estimate of drug-likeness (QED) is 0.622. The normalized spacial score (nSPS) is 12.6. The van der Waals surface area contributed by atoms with Gasteiger partial charge in [-0.1, -0.05) is 33.5 Å². The SMILES string of the molecule is CCC(CC)N[Si](C)(C)C. The maximum atomic E-state index is 3.69. The Labute approximate surface area is 66.3 Å². The molecule has 0 aromatic rings. The average Bonchev–Trinajstić information content (AvgIpc) is 1.81. The minimum Gasteiger partial charge on any atom is -0.335 e. The molecule has 0 aromatic carbocycles. The van der Waals surface area contributed by atoms with Crippen molar-refractivity contribution < 1.29 is 0 Å². The lowest BCUT2D eigenvalue weighted by atomic mass is 10.2. The topological polar surface area (TPSA) is 12.0 Å². The summed E-state index contributed by atoms with van der Waals surface area (Å²) in [5, 5.41) is 0. The summed E-state index contributed by atoms with van der Waals surface area (Å²) in [6.45, 7) is 11.6. The van der Waals surface area contributed by atoms with Crippen LogP contribution < -0.4 is 4.98 Å². The molecular formula is C8H21NSi. The molecule has 10 heavy (non-hydrogen) atoms. The first-order chi connectivity index (χ1) is 4.49. The van der Waals surface area contributed by atoms with Crippen molar-refractivity contribution in [2.45, 2.75) is 52.4 Å². The van der Waals surface area contributed by atoms with Gasteiger partial charge in [-0.25, -0.2) is 0 Å². The van der Waals surface area contributed by atoms with Crippen molar-refractivity contribution in [2.75, 3.05) is 0 Å². The van der Waals surface area contributed by atoms with Crippen LogP contribution in [0.3, 0.4) is 0 Å². The third kappa shape index (κ3) is 5.00. The molecule has 0 fully saturated rings. The minimum absolute atomic E-state index is 0.756. The summed E-state index contributed by atoms with van der Waals surface area (Å²) < 4.78 is 0. The molecule has 0 aliphatic rings. The highest BCUT2D eigenvalue weighted by Crippen LogP contribution is 2.02. The van der Waals surface area contributed by atoms with Gasteiger partial charge in [-0.15, -0.1) is 0 Å². The first-order valence-electron chi connectivity index (χ1n) is 4.27. The van der Waals surface area contributed by atoms with E-state index in [0.29, 0.717) is 0 Å². The molecule has 0 amide bonds. The van der Waals surface area contributed by atoms with Gasteiger partial charge in [-0.05, 0) is 18.9 Å². The van der Waals surface area contributed by atoms with Crippen LogP contribution in [-0.4, -0.2) is 14.3 Å². The van der Waals surface area contributed by atoms with Gasteiger partial charge in [-0.2, -0.15) is 0 Å². The molecule has 0 aliphatic heterocycles. The van der Waals surface area contributed by atoms with Crippen molar-refractivity contribution in [3.8, 4) is 0 Å². The van der Waals surface area contributed by atoms with Gasteiger partial charge in [0.1, 0.15) is 8.24 Å². The fourth-order valence-corrected chi connectivity index (χ4v) is 2.74. The Balaban J connectivity index is 3.63. The van der Waals surface area contributed by atoms with Crippen LogP contribution in [0.5, 0.6) is 0 Å². The molecule has 0 spiro atoms. The van der Waals surface area contributed by atoms with Crippen LogP contribution in [0.4, 0.5) is 0 Å². The summed E-state index contributed by atoms with van der Waals surface area (Å²) in [4.78, 5) is 3.69. The van der Waals surface area contributed by atoms with Crippen molar-refractivity contribution >= 4 is 8.24 Å². The highest BCUT2D eigenvalue weighted by Gasteiger charge is 2.15. The molecule has 0 aromatic heterocycles. The smallest absolute Gasteiger partial charge is 0.116 e. The molecule has 0 unspecified atom stereocenters. The number of hydrogen-bond donors (Lipinski definition) is 1. The number of rotatable bonds is 4. The van der Waals surface area contributed by atoms with Crippen LogP contribution >= 0.6 is 0 Å². The third-order valence-electron chi connectivity index (χ3n) is 1.62. The zero-order chi connectivity index (χ0) is 8.20. The lowest BCUT2D eigenvalue weighted by Crippen LogP contribution is -2.47. The van der Waals surface area contributed by atoms with E-state index in [-0.39, 0.29) is 0 Å². The van der Waals surface area contributed by atoms with Gasteiger partial charge in [0.25, 0.3) is 0 Å². The molecule has 0 rings (SSSR count). The molecule has 0 saturated heterocycles. The lowest BCUT2D eigenvalue weighted by Gasteiger charge is -2.25. The Morgan fingerprint density at radius 2 is 1.50 bits per heavy atom. The molecule has 0 aliphatic carbocycles. The van der Waals surface area contributed by atoms with E-state index in [1.165, 1.54) is 12.8 Å². The van der Waals surface area contributed by atoms with Gasteiger partial charge in [0.05, 0.1) is 0 Å². The molecular weight excluding hydrogens is 138 g/mol. The van der Waals surface area contributed by atoms with Crippen molar-refractivity contribution in [3.63, 3.8) is 0 Å². The Hall–Kier alpha value is 0.177. The van der Waals surface area contributed by atoms with Gasteiger partial charge >= 0.3 is 0 Å². The predicted molar refractivity (Wildman–Crippen MR) is 50.9 cm³/mol. The average molecular weight is 159 g/mol. The maximum absolute atomic E-state index is 3.69. The summed E-state index contributed by atoms with van der Waals surface area (Å²) in [5.41, 5.74) is 0. The fourth-order valence-electron chi connectivity index (χ4n) is 1.11. The van der Waals surface area contributed by atoms with Crippen LogP contribution in [0.15, 0.2) is 0 Å². The summed E-state index contributed by atoms with van der Waals surface area (Å²) in [6.07, 6.45) is 2.53. The fraction of sp³-hybridized carbons (Fsp3) is 1.00. The second-order valence-electron chi connectivity index (χ2n) is 3.91. The Kier molecular flexibility index (Phi) is 4.21. The molecule has 0 atom stereocenters. The molecule has 0 radical (unpaired) electrons. The minimum atomic E-state index is -1.01.